The largest absolute Gasteiger partial charge is 0.330 e. The van der Waals surface area contributed by atoms with Crippen LogP contribution in [0.15, 0.2) is 30.6 Å². The Bertz CT molecular complexity index is 582. The summed E-state index contributed by atoms with van der Waals surface area (Å²) >= 11 is 0. The van der Waals surface area contributed by atoms with Crippen molar-refractivity contribution in [1.82, 2.24) is 20.2 Å². The van der Waals surface area contributed by atoms with Gasteiger partial charge in [0.2, 0.25) is 5.91 Å². The second kappa shape index (κ2) is 4.77. The van der Waals surface area contributed by atoms with Crippen LogP contribution in [-0.4, -0.2) is 39.2 Å². The van der Waals surface area contributed by atoms with Crippen molar-refractivity contribution in [1.29, 1.82) is 0 Å². The van der Waals surface area contributed by atoms with Gasteiger partial charge in [-0.25, -0.2) is 0 Å². The number of nitrogens with two attached hydrogens (primary N) is 1. The van der Waals surface area contributed by atoms with Gasteiger partial charge in [-0.05, 0) is 35.0 Å². The maximum atomic E-state index is 12.1. The van der Waals surface area contributed by atoms with Crippen molar-refractivity contribution in [2.24, 2.45) is 11.7 Å². The summed E-state index contributed by atoms with van der Waals surface area (Å²) in [7, 11) is 0. The van der Waals surface area contributed by atoms with Crippen LogP contribution in [0.25, 0.3) is 5.69 Å². The number of carbonyl (C=O) groups excluding carboxylic acids is 1. The first-order valence-electron chi connectivity index (χ1n) is 6.12. The van der Waals surface area contributed by atoms with E-state index in [0.717, 1.165) is 11.4 Å². The Morgan fingerprint density at radius 2 is 2.11 bits per heavy atom. The van der Waals surface area contributed by atoms with Gasteiger partial charge in [0.05, 0.1) is 11.4 Å². The molecular formula is C12H14N6O. The van der Waals surface area contributed by atoms with E-state index in [2.05, 4.69) is 15.5 Å². The quantitative estimate of drug-likeness (QED) is 0.835. The van der Waals surface area contributed by atoms with Crippen LogP contribution in [0.5, 0.6) is 0 Å². The molecule has 1 amide bonds. The fraction of sp³-hybridized carbons (Fsp3) is 0.333. The minimum Gasteiger partial charge on any atom is -0.330 e. The van der Waals surface area contributed by atoms with Gasteiger partial charge in [0.1, 0.15) is 6.33 Å². The van der Waals surface area contributed by atoms with E-state index in [9.17, 15) is 4.79 Å². The summed E-state index contributed by atoms with van der Waals surface area (Å²) in [6.07, 6.45) is 2.01. The number of nitrogens with zero attached hydrogens (tertiary/aromatic N) is 5. The lowest BCUT2D eigenvalue weighted by molar-refractivity contribution is -0.117. The Morgan fingerprint density at radius 3 is 2.74 bits per heavy atom. The van der Waals surface area contributed by atoms with Crippen LogP contribution in [0.4, 0.5) is 5.69 Å². The lowest BCUT2D eigenvalue weighted by Crippen LogP contribution is -2.27. The smallest absolute Gasteiger partial charge is 0.227 e. The average molecular weight is 258 g/mol. The topological polar surface area (TPSA) is 89.9 Å². The number of benzene rings is 1. The molecule has 0 aliphatic carbocycles. The molecular weight excluding hydrogens is 244 g/mol. The molecule has 1 aliphatic heterocycles. The number of para-hydroxylation sites is 2. The Labute approximate surface area is 110 Å². The Morgan fingerprint density at radius 1 is 1.32 bits per heavy atom. The van der Waals surface area contributed by atoms with E-state index in [1.165, 1.54) is 6.33 Å². The second-order valence-electron chi connectivity index (χ2n) is 4.55. The number of rotatable bonds is 3. The summed E-state index contributed by atoms with van der Waals surface area (Å²) in [6.45, 7) is 1.17. The molecule has 2 aromatic rings. The van der Waals surface area contributed by atoms with E-state index in [0.29, 0.717) is 19.5 Å². The monoisotopic (exact) mass is 258 g/mol. The molecule has 0 spiro atoms. The van der Waals surface area contributed by atoms with E-state index in [4.69, 9.17) is 5.73 Å². The van der Waals surface area contributed by atoms with E-state index >= 15 is 0 Å². The normalized spacial score (nSPS) is 19.1. The van der Waals surface area contributed by atoms with Crippen molar-refractivity contribution in [3.05, 3.63) is 30.6 Å². The van der Waals surface area contributed by atoms with Gasteiger partial charge in [0.15, 0.2) is 0 Å². The van der Waals surface area contributed by atoms with Gasteiger partial charge in [-0.1, -0.05) is 12.1 Å². The molecule has 3 rings (SSSR count). The maximum absolute atomic E-state index is 12.1. The highest BCUT2D eigenvalue weighted by Crippen LogP contribution is 2.29. The summed E-state index contributed by atoms with van der Waals surface area (Å²) < 4.78 is 1.55. The van der Waals surface area contributed by atoms with Gasteiger partial charge >= 0.3 is 0 Å². The number of aromatic nitrogens is 4. The molecule has 1 saturated heterocycles. The highest BCUT2D eigenvalue weighted by molar-refractivity contribution is 5.97. The number of hydrogen-bond donors (Lipinski definition) is 1. The van der Waals surface area contributed by atoms with Gasteiger partial charge in [-0.15, -0.1) is 5.10 Å². The van der Waals surface area contributed by atoms with Crippen molar-refractivity contribution in [3.63, 3.8) is 0 Å². The number of hydrogen-bond acceptors (Lipinski definition) is 5. The third-order valence-electron chi connectivity index (χ3n) is 3.31. The van der Waals surface area contributed by atoms with E-state index in [1.54, 1.807) is 9.58 Å². The first kappa shape index (κ1) is 11.8. The van der Waals surface area contributed by atoms with Gasteiger partial charge in [-0.2, -0.15) is 4.68 Å². The Kier molecular flexibility index (Phi) is 2.96. The summed E-state index contributed by atoms with van der Waals surface area (Å²) in [5.74, 6) is 0.311. The third-order valence-corrected chi connectivity index (χ3v) is 3.31. The molecule has 19 heavy (non-hydrogen) atoms. The van der Waals surface area contributed by atoms with Crippen molar-refractivity contribution in [2.45, 2.75) is 6.42 Å². The number of carbonyl (C=O) groups is 1. The molecule has 1 aromatic heterocycles. The Hall–Kier alpha value is -2.28. The first-order valence-corrected chi connectivity index (χ1v) is 6.12. The SMILES string of the molecule is NCC1CC(=O)N(c2ccccc2-n2cnnn2)C1. The van der Waals surface area contributed by atoms with Gasteiger partial charge in [-0.3, -0.25) is 4.79 Å². The minimum atomic E-state index is 0.0935. The first-order chi connectivity index (χ1) is 9.29. The van der Waals surface area contributed by atoms with Gasteiger partial charge in [0.25, 0.3) is 0 Å². The summed E-state index contributed by atoms with van der Waals surface area (Å²) in [5, 5.41) is 11.1. The van der Waals surface area contributed by atoms with Crippen LogP contribution in [-0.2, 0) is 4.79 Å². The molecule has 1 atom stereocenters. The number of anilines is 1. The maximum Gasteiger partial charge on any atom is 0.227 e. The molecule has 7 nitrogen and oxygen atoms in total. The zero-order chi connectivity index (χ0) is 13.2. The van der Waals surface area contributed by atoms with Crippen molar-refractivity contribution in [2.75, 3.05) is 18.0 Å². The Balaban J connectivity index is 2.00. The van der Waals surface area contributed by atoms with Crippen LogP contribution in [0, 0.1) is 5.92 Å². The summed E-state index contributed by atoms with van der Waals surface area (Å²) in [4.78, 5) is 13.8. The fourth-order valence-electron chi connectivity index (χ4n) is 2.33. The molecule has 2 heterocycles. The molecule has 1 unspecified atom stereocenters. The molecule has 1 aromatic carbocycles. The predicted octanol–water partition coefficient (Wildman–Crippen LogP) is -0.0261. The van der Waals surface area contributed by atoms with Crippen molar-refractivity contribution >= 4 is 11.6 Å². The van der Waals surface area contributed by atoms with Crippen LogP contribution in [0.1, 0.15) is 6.42 Å². The lowest BCUT2D eigenvalue weighted by atomic mass is 10.1. The second-order valence-corrected chi connectivity index (χ2v) is 4.55. The van der Waals surface area contributed by atoms with Gasteiger partial charge in [0, 0.05) is 13.0 Å². The van der Waals surface area contributed by atoms with Crippen LogP contribution in [0.3, 0.4) is 0 Å². The number of amides is 1. The molecule has 98 valence electrons. The molecule has 1 aliphatic rings. The summed E-state index contributed by atoms with van der Waals surface area (Å²) in [6, 6.07) is 7.57. The number of tetrazole rings is 1. The van der Waals surface area contributed by atoms with E-state index < -0.39 is 0 Å². The van der Waals surface area contributed by atoms with Gasteiger partial charge < -0.3 is 10.6 Å². The third kappa shape index (κ3) is 2.08. The lowest BCUT2D eigenvalue weighted by Gasteiger charge is -2.19. The molecule has 0 saturated carbocycles. The van der Waals surface area contributed by atoms with Crippen molar-refractivity contribution < 1.29 is 4.79 Å². The molecule has 0 radical (unpaired) electrons. The standard InChI is InChI=1S/C12H14N6O/c13-6-9-5-12(19)17(7-9)10-3-1-2-4-11(10)18-8-14-15-16-18/h1-4,8-9H,5-7,13H2. The van der Waals surface area contributed by atoms with E-state index in [-0.39, 0.29) is 11.8 Å². The highest BCUT2D eigenvalue weighted by atomic mass is 16.2. The highest BCUT2D eigenvalue weighted by Gasteiger charge is 2.31. The van der Waals surface area contributed by atoms with Crippen LogP contribution in [0.2, 0.25) is 0 Å². The van der Waals surface area contributed by atoms with Crippen LogP contribution < -0.4 is 10.6 Å². The molecule has 1 fully saturated rings. The van der Waals surface area contributed by atoms with Crippen molar-refractivity contribution in [3.8, 4) is 5.69 Å². The minimum absolute atomic E-state index is 0.0935. The molecule has 2 N–H and O–H groups in total. The predicted molar refractivity (Wildman–Crippen MR) is 68.7 cm³/mol. The zero-order valence-corrected chi connectivity index (χ0v) is 10.3. The fourth-order valence-corrected chi connectivity index (χ4v) is 2.33. The molecule has 7 heteroatoms. The van der Waals surface area contributed by atoms with Crippen LogP contribution >= 0.6 is 0 Å². The average Bonchev–Trinajstić information content (AvgIpc) is 3.08. The summed E-state index contributed by atoms with van der Waals surface area (Å²) in [5.41, 5.74) is 7.26. The van der Waals surface area contributed by atoms with E-state index in [1.807, 2.05) is 24.3 Å². The molecule has 0 bridgehead atoms. The zero-order valence-electron chi connectivity index (χ0n) is 10.3.